The molecule has 0 saturated carbocycles. The molecule has 0 saturated heterocycles. The Morgan fingerprint density at radius 2 is 2.15 bits per heavy atom. The predicted molar refractivity (Wildman–Crippen MR) is 57.4 cm³/mol. The topological polar surface area (TPSA) is 15.3 Å². The molecule has 1 aromatic rings. The van der Waals surface area contributed by atoms with Crippen LogP contribution in [0.1, 0.15) is 13.3 Å². The lowest BCUT2D eigenvalue weighted by Gasteiger charge is -2.17. The third-order valence-corrected chi connectivity index (χ3v) is 2.61. The standard InChI is InChI=1S/C11H16N2/c1-9-7-8-13(2)11-6-4-3-5-10(11)12-9/h3-6,9,12H,7-8H2,1-2H3/t9-/m1/s1. The van der Waals surface area contributed by atoms with Crippen LogP contribution in [0.4, 0.5) is 11.4 Å². The van der Waals surface area contributed by atoms with Gasteiger partial charge in [0.15, 0.2) is 0 Å². The van der Waals surface area contributed by atoms with E-state index >= 15 is 0 Å². The maximum absolute atomic E-state index is 3.51. The van der Waals surface area contributed by atoms with E-state index in [2.05, 4.69) is 48.5 Å². The smallest absolute Gasteiger partial charge is 0.0599 e. The molecule has 0 radical (unpaired) electrons. The monoisotopic (exact) mass is 176 g/mol. The SMILES string of the molecule is C[C@@H]1CCN(C)c2ccccc2N1. The first-order valence-electron chi connectivity index (χ1n) is 4.84. The van der Waals surface area contributed by atoms with E-state index in [0.717, 1.165) is 6.54 Å². The molecule has 2 rings (SSSR count). The number of nitrogens with zero attached hydrogens (tertiary/aromatic N) is 1. The first kappa shape index (κ1) is 8.42. The zero-order valence-electron chi connectivity index (χ0n) is 8.25. The lowest BCUT2D eigenvalue weighted by atomic mass is 10.2. The summed E-state index contributed by atoms with van der Waals surface area (Å²) in [4.78, 5) is 2.31. The molecule has 1 heterocycles. The van der Waals surface area contributed by atoms with Crippen molar-refractivity contribution < 1.29 is 0 Å². The van der Waals surface area contributed by atoms with Gasteiger partial charge in [0.2, 0.25) is 0 Å². The molecule has 0 bridgehead atoms. The first-order chi connectivity index (χ1) is 6.27. The van der Waals surface area contributed by atoms with Crippen LogP contribution in [0.25, 0.3) is 0 Å². The molecule has 0 spiro atoms. The third kappa shape index (κ3) is 1.62. The summed E-state index contributed by atoms with van der Waals surface area (Å²) in [6.45, 7) is 3.36. The Labute approximate surface area is 79.6 Å². The van der Waals surface area contributed by atoms with E-state index in [0.29, 0.717) is 6.04 Å². The summed E-state index contributed by atoms with van der Waals surface area (Å²) in [5.74, 6) is 0. The van der Waals surface area contributed by atoms with E-state index in [4.69, 9.17) is 0 Å². The molecule has 0 fully saturated rings. The molecule has 2 heteroatoms. The van der Waals surface area contributed by atoms with E-state index < -0.39 is 0 Å². The fraction of sp³-hybridized carbons (Fsp3) is 0.455. The Hall–Kier alpha value is -1.18. The molecule has 70 valence electrons. The summed E-state index contributed by atoms with van der Waals surface area (Å²) in [5, 5.41) is 3.51. The molecule has 1 aliphatic rings. The van der Waals surface area contributed by atoms with Gasteiger partial charge in [-0.25, -0.2) is 0 Å². The van der Waals surface area contributed by atoms with Gasteiger partial charge in [-0.05, 0) is 25.5 Å². The third-order valence-electron chi connectivity index (χ3n) is 2.61. The van der Waals surface area contributed by atoms with E-state index in [1.54, 1.807) is 0 Å². The summed E-state index contributed by atoms with van der Waals surface area (Å²) in [5.41, 5.74) is 2.57. The average Bonchev–Trinajstić information content (AvgIpc) is 2.27. The molecule has 0 amide bonds. The second-order valence-electron chi connectivity index (χ2n) is 3.77. The zero-order chi connectivity index (χ0) is 9.26. The number of benzene rings is 1. The van der Waals surface area contributed by atoms with Crippen LogP contribution in [0.2, 0.25) is 0 Å². The molecular weight excluding hydrogens is 160 g/mol. The largest absolute Gasteiger partial charge is 0.381 e. The van der Waals surface area contributed by atoms with E-state index in [1.165, 1.54) is 17.8 Å². The number of rotatable bonds is 0. The van der Waals surface area contributed by atoms with Gasteiger partial charge in [-0.2, -0.15) is 0 Å². The van der Waals surface area contributed by atoms with Gasteiger partial charge in [0.05, 0.1) is 11.4 Å². The van der Waals surface area contributed by atoms with Crippen molar-refractivity contribution in [3.05, 3.63) is 24.3 Å². The van der Waals surface area contributed by atoms with Crippen LogP contribution in [-0.4, -0.2) is 19.6 Å². The summed E-state index contributed by atoms with van der Waals surface area (Å²) in [6, 6.07) is 9.06. The first-order valence-corrected chi connectivity index (χ1v) is 4.84. The van der Waals surface area contributed by atoms with Crippen LogP contribution in [0, 0.1) is 0 Å². The van der Waals surface area contributed by atoms with E-state index in [1.807, 2.05) is 0 Å². The van der Waals surface area contributed by atoms with Crippen molar-refractivity contribution in [2.75, 3.05) is 23.8 Å². The quantitative estimate of drug-likeness (QED) is 0.652. The van der Waals surface area contributed by atoms with Crippen LogP contribution in [-0.2, 0) is 0 Å². The molecule has 1 aromatic carbocycles. The molecule has 1 N–H and O–H groups in total. The Morgan fingerprint density at radius 1 is 1.38 bits per heavy atom. The highest BCUT2D eigenvalue weighted by atomic mass is 15.1. The summed E-state index contributed by atoms with van der Waals surface area (Å²) >= 11 is 0. The van der Waals surface area contributed by atoms with E-state index in [-0.39, 0.29) is 0 Å². The van der Waals surface area contributed by atoms with Crippen molar-refractivity contribution in [1.29, 1.82) is 0 Å². The molecule has 1 aliphatic heterocycles. The Morgan fingerprint density at radius 3 is 3.00 bits per heavy atom. The highest BCUT2D eigenvalue weighted by Crippen LogP contribution is 2.28. The molecule has 2 nitrogen and oxygen atoms in total. The Balaban J connectivity index is 2.38. The lowest BCUT2D eigenvalue weighted by molar-refractivity contribution is 0.711. The maximum atomic E-state index is 3.51. The number of hydrogen-bond donors (Lipinski definition) is 1. The summed E-state index contributed by atoms with van der Waals surface area (Å²) < 4.78 is 0. The molecule has 0 unspecified atom stereocenters. The minimum atomic E-state index is 0.575. The van der Waals surface area contributed by atoms with Crippen molar-refractivity contribution in [2.45, 2.75) is 19.4 Å². The van der Waals surface area contributed by atoms with Gasteiger partial charge in [0.25, 0.3) is 0 Å². The highest BCUT2D eigenvalue weighted by molar-refractivity contribution is 5.70. The molecule has 13 heavy (non-hydrogen) atoms. The van der Waals surface area contributed by atoms with Gasteiger partial charge in [-0.3, -0.25) is 0 Å². The number of anilines is 2. The van der Waals surface area contributed by atoms with Crippen LogP contribution in [0.3, 0.4) is 0 Å². The highest BCUT2D eigenvalue weighted by Gasteiger charge is 2.14. The van der Waals surface area contributed by atoms with E-state index in [9.17, 15) is 0 Å². The second kappa shape index (κ2) is 3.29. The molecule has 1 atom stereocenters. The second-order valence-corrected chi connectivity index (χ2v) is 3.77. The zero-order valence-corrected chi connectivity index (χ0v) is 8.25. The Bertz CT molecular complexity index is 296. The van der Waals surface area contributed by atoms with Crippen LogP contribution in [0.15, 0.2) is 24.3 Å². The van der Waals surface area contributed by atoms with Gasteiger partial charge < -0.3 is 10.2 Å². The number of para-hydroxylation sites is 2. The summed E-state index contributed by atoms with van der Waals surface area (Å²) in [7, 11) is 2.15. The minimum absolute atomic E-state index is 0.575. The van der Waals surface area contributed by atoms with Crippen molar-refractivity contribution in [2.24, 2.45) is 0 Å². The lowest BCUT2D eigenvalue weighted by Crippen LogP contribution is -2.19. The van der Waals surface area contributed by atoms with Gasteiger partial charge in [-0.15, -0.1) is 0 Å². The fourth-order valence-corrected chi connectivity index (χ4v) is 1.77. The maximum Gasteiger partial charge on any atom is 0.0599 e. The van der Waals surface area contributed by atoms with Gasteiger partial charge in [-0.1, -0.05) is 12.1 Å². The fourth-order valence-electron chi connectivity index (χ4n) is 1.77. The summed E-state index contributed by atoms with van der Waals surface area (Å²) in [6.07, 6.45) is 1.20. The van der Waals surface area contributed by atoms with Crippen molar-refractivity contribution in [1.82, 2.24) is 0 Å². The van der Waals surface area contributed by atoms with Gasteiger partial charge in [0.1, 0.15) is 0 Å². The van der Waals surface area contributed by atoms with Gasteiger partial charge in [0, 0.05) is 19.6 Å². The van der Waals surface area contributed by atoms with Crippen molar-refractivity contribution >= 4 is 11.4 Å². The molecule has 0 aliphatic carbocycles. The van der Waals surface area contributed by atoms with Crippen LogP contribution >= 0.6 is 0 Å². The van der Waals surface area contributed by atoms with Crippen molar-refractivity contribution in [3.63, 3.8) is 0 Å². The molecular formula is C11H16N2. The van der Waals surface area contributed by atoms with Crippen LogP contribution < -0.4 is 10.2 Å². The van der Waals surface area contributed by atoms with Crippen LogP contribution in [0.5, 0.6) is 0 Å². The number of nitrogens with one attached hydrogen (secondary N) is 1. The van der Waals surface area contributed by atoms with Crippen molar-refractivity contribution in [3.8, 4) is 0 Å². The number of hydrogen-bond acceptors (Lipinski definition) is 2. The Kier molecular flexibility index (Phi) is 2.13. The number of fused-ring (bicyclic) bond motifs is 1. The molecule has 0 aromatic heterocycles. The minimum Gasteiger partial charge on any atom is -0.381 e. The normalized spacial score (nSPS) is 21.7. The van der Waals surface area contributed by atoms with Gasteiger partial charge >= 0.3 is 0 Å². The predicted octanol–water partition coefficient (Wildman–Crippen LogP) is 2.33. The average molecular weight is 176 g/mol.